The average Bonchev–Trinajstić information content (AvgIpc) is 2.11. The molecule has 58 valence electrons. The Morgan fingerprint density at radius 2 is 1.55 bits per heavy atom. The molecule has 0 bridgehead atoms. The summed E-state index contributed by atoms with van der Waals surface area (Å²) < 4.78 is 0. The average molecular weight is 149 g/mol. The first-order valence-corrected chi connectivity index (χ1v) is 3.82. The molecule has 2 aliphatic rings. The van der Waals surface area contributed by atoms with Gasteiger partial charge in [0.1, 0.15) is 6.73 Å². The lowest BCUT2D eigenvalue weighted by molar-refractivity contribution is 0.191. The molecule has 1 aliphatic heterocycles. The van der Waals surface area contributed by atoms with Crippen molar-refractivity contribution >= 4 is 0 Å². The van der Waals surface area contributed by atoms with Gasteiger partial charge in [0.25, 0.3) is 0 Å². The van der Waals surface area contributed by atoms with E-state index in [2.05, 4.69) is 24.3 Å². The van der Waals surface area contributed by atoms with Crippen LogP contribution in [-0.2, 0) is 0 Å². The van der Waals surface area contributed by atoms with Crippen LogP contribution in [-0.4, -0.2) is 16.7 Å². The highest BCUT2D eigenvalue weighted by atomic mass is 16.3. The second-order valence-corrected chi connectivity index (χ2v) is 2.88. The molecule has 0 aromatic rings. The minimum absolute atomic E-state index is 0.0619. The molecule has 2 heteroatoms. The third kappa shape index (κ3) is 1.10. The number of fused-ring (bicyclic) bond motifs is 1. The molecule has 0 radical (unpaired) electrons. The van der Waals surface area contributed by atoms with Crippen LogP contribution in [0.3, 0.4) is 0 Å². The smallest absolute Gasteiger partial charge is 0.119 e. The lowest BCUT2D eigenvalue weighted by atomic mass is 9.83. The molecule has 2 unspecified atom stereocenters. The van der Waals surface area contributed by atoms with Gasteiger partial charge in [-0.3, -0.25) is 0 Å². The molecule has 11 heavy (non-hydrogen) atoms. The SMILES string of the molecule is OCN1C=CC2C=CC2C=C1. The van der Waals surface area contributed by atoms with Gasteiger partial charge < -0.3 is 10.0 Å². The van der Waals surface area contributed by atoms with Crippen molar-refractivity contribution in [2.45, 2.75) is 0 Å². The van der Waals surface area contributed by atoms with Gasteiger partial charge in [0.15, 0.2) is 0 Å². The Balaban J connectivity index is 2.14. The predicted molar refractivity (Wildman–Crippen MR) is 43.3 cm³/mol. The van der Waals surface area contributed by atoms with Crippen LogP contribution in [0.5, 0.6) is 0 Å². The Labute approximate surface area is 66.1 Å². The van der Waals surface area contributed by atoms with E-state index >= 15 is 0 Å². The van der Waals surface area contributed by atoms with E-state index in [1.807, 2.05) is 12.4 Å². The summed E-state index contributed by atoms with van der Waals surface area (Å²) in [5.74, 6) is 1.12. The third-order valence-electron chi connectivity index (χ3n) is 2.16. The maximum atomic E-state index is 8.81. The zero-order chi connectivity index (χ0) is 7.68. The molecule has 0 aromatic heterocycles. The zero-order valence-corrected chi connectivity index (χ0v) is 6.22. The summed E-state index contributed by atoms with van der Waals surface area (Å²) in [6, 6.07) is 0. The van der Waals surface area contributed by atoms with Gasteiger partial charge in [-0.15, -0.1) is 0 Å². The monoisotopic (exact) mass is 149 g/mol. The van der Waals surface area contributed by atoms with Crippen LogP contribution < -0.4 is 0 Å². The number of hydrogen-bond donors (Lipinski definition) is 1. The Morgan fingerprint density at radius 1 is 1.00 bits per heavy atom. The maximum Gasteiger partial charge on any atom is 0.119 e. The molecule has 0 amide bonds. The molecule has 2 rings (SSSR count). The van der Waals surface area contributed by atoms with Crippen molar-refractivity contribution in [3.63, 3.8) is 0 Å². The zero-order valence-electron chi connectivity index (χ0n) is 6.22. The maximum absolute atomic E-state index is 8.81. The molecule has 1 heterocycles. The first-order chi connectivity index (χ1) is 5.40. The number of rotatable bonds is 1. The normalized spacial score (nSPS) is 33.0. The second-order valence-electron chi connectivity index (χ2n) is 2.88. The molecule has 0 fully saturated rings. The number of aliphatic hydroxyl groups excluding tert-OH is 1. The van der Waals surface area contributed by atoms with Gasteiger partial charge in [0.05, 0.1) is 0 Å². The second kappa shape index (κ2) is 2.55. The van der Waals surface area contributed by atoms with Gasteiger partial charge in [-0.2, -0.15) is 0 Å². The Bertz CT molecular complexity index is 208. The Kier molecular flexibility index (Phi) is 1.55. The van der Waals surface area contributed by atoms with Crippen LogP contribution in [0, 0.1) is 11.8 Å². The highest BCUT2D eigenvalue weighted by molar-refractivity contribution is 5.24. The van der Waals surface area contributed by atoms with Crippen molar-refractivity contribution in [2.75, 3.05) is 6.73 Å². The van der Waals surface area contributed by atoms with Gasteiger partial charge >= 0.3 is 0 Å². The van der Waals surface area contributed by atoms with Crippen LogP contribution in [0.1, 0.15) is 0 Å². The van der Waals surface area contributed by atoms with Crippen molar-refractivity contribution in [1.29, 1.82) is 0 Å². The molecule has 1 N–H and O–H groups in total. The first-order valence-electron chi connectivity index (χ1n) is 3.82. The fourth-order valence-corrected chi connectivity index (χ4v) is 1.32. The van der Waals surface area contributed by atoms with E-state index in [9.17, 15) is 0 Å². The number of allylic oxidation sites excluding steroid dienone is 4. The van der Waals surface area contributed by atoms with Gasteiger partial charge in [-0.1, -0.05) is 24.3 Å². The highest BCUT2D eigenvalue weighted by Crippen LogP contribution is 2.29. The van der Waals surface area contributed by atoms with E-state index in [0.717, 1.165) is 0 Å². The quantitative estimate of drug-likeness (QED) is 0.564. The van der Waals surface area contributed by atoms with Crippen LogP contribution in [0.2, 0.25) is 0 Å². The van der Waals surface area contributed by atoms with Crippen molar-refractivity contribution in [3.8, 4) is 0 Å². The van der Waals surface area contributed by atoms with Gasteiger partial charge in [-0.25, -0.2) is 0 Å². The largest absolute Gasteiger partial charge is 0.376 e. The number of nitrogens with zero attached hydrogens (tertiary/aromatic N) is 1. The van der Waals surface area contributed by atoms with Crippen molar-refractivity contribution in [1.82, 2.24) is 4.90 Å². The van der Waals surface area contributed by atoms with Gasteiger partial charge in [0, 0.05) is 24.2 Å². The molecular formula is C9H11NO. The summed E-state index contributed by atoms with van der Waals surface area (Å²) in [4.78, 5) is 1.76. The van der Waals surface area contributed by atoms with Crippen LogP contribution >= 0.6 is 0 Å². The topological polar surface area (TPSA) is 23.5 Å². The van der Waals surface area contributed by atoms with Crippen molar-refractivity contribution in [3.05, 3.63) is 36.7 Å². The Morgan fingerprint density at radius 3 is 1.91 bits per heavy atom. The summed E-state index contributed by atoms with van der Waals surface area (Å²) in [5.41, 5.74) is 0. The minimum Gasteiger partial charge on any atom is -0.376 e. The molecule has 2 nitrogen and oxygen atoms in total. The molecule has 0 saturated heterocycles. The molecular weight excluding hydrogens is 138 g/mol. The first kappa shape index (κ1) is 6.68. The summed E-state index contributed by atoms with van der Waals surface area (Å²) in [6.45, 7) is 0.0619. The fraction of sp³-hybridized carbons (Fsp3) is 0.333. The highest BCUT2D eigenvalue weighted by Gasteiger charge is 2.20. The lowest BCUT2D eigenvalue weighted by Crippen LogP contribution is -2.12. The van der Waals surface area contributed by atoms with Crippen LogP contribution in [0.4, 0.5) is 0 Å². The summed E-state index contributed by atoms with van der Waals surface area (Å²) in [6.07, 6.45) is 12.4. The number of hydrogen-bond acceptors (Lipinski definition) is 2. The fourth-order valence-electron chi connectivity index (χ4n) is 1.32. The summed E-state index contributed by atoms with van der Waals surface area (Å²) >= 11 is 0. The number of aliphatic hydroxyl groups is 1. The van der Waals surface area contributed by atoms with E-state index < -0.39 is 0 Å². The predicted octanol–water partition coefficient (Wildman–Crippen LogP) is 1.08. The lowest BCUT2D eigenvalue weighted by Gasteiger charge is -2.21. The van der Waals surface area contributed by atoms with Gasteiger partial charge in [0.2, 0.25) is 0 Å². The van der Waals surface area contributed by atoms with E-state index in [0.29, 0.717) is 11.8 Å². The van der Waals surface area contributed by atoms with Crippen LogP contribution in [0.15, 0.2) is 36.7 Å². The van der Waals surface area contributed by atoms with Crippen LogP contribution in [0.25, 0.3) is 0 Å². The molecule has 0 aromatic carbocycles. The van der Waals surface area contributed by atoms with Crippen molar-refractivity contribution < 1.29 is 5.11 Å². The molecule has 2 atom stereocenters. The van der Waals surface area contributed by atoms with Gasteiger partial charge in [-0.05, 0) is 0 Å². The standard InChI is InChI=1S/C9H11NO/c11-7-10-5-3-8-1-2-9(8)4-6-10/h1-6,8-9,11H,7H2. The van der Waals surface area contributed by atoms with E-state index in [4.69, 9.17) is 5.11 Å². The van der Waals surface area contributed by atoms with E-state index in [1.165, 1.54) is 0 Å². The molecule has 1 aliphatic carbocycles. The molecule has 0 spiro atoms. The Hall–Kier alpha value is -1.02. The summed E-state index contributed by atoms with van der Waals surface area (Å²) in [7, 11) is 0. The summed E-state index contributed by atoms with van der Waals surface area (Å²) in [5, 5.41) is 8.81. The van der Waals surface area contributed by atoms with E-state index in [-0.39, 0.29) is 6.73 Å². The molecule has 0 saturated carbocycles. The van der Waals surface area contributed by atoms with Crippen molar-refractivity contribution in [2.24, 2.45) is 11.8 Å². The minimum atomic E-state index is 0.0619. The van der Waals surface area contributed by atoms with E-state index in [1.54, 1.807) is 4.90 Å². The third-order valence-corrected chi connectivity index (χ3v) is 2.16.